The van der Waals surface area contributed by atoms with Crippen LogP contribution in [0.2, 0.25) is 0 Å². The van der Waals surface area contributed by atoms with Gasteiger partial charge in [0.1, 0.15) is 11.5 Å². The summed E-state index contributed by atoms with van der Waals surface area (Å²) in [7, 11) is 1.64. The van der Waals surface area contributed by atoms with Gasteiger partial charge in [-0.15, -0.1) is 0 Å². The van der Waals surface area contributed by atoms with Crippen molar-refractivity contribution in [1.82, 2.24) is 5.32 Å². The summed E-state index contributed by atoms with van der Waals surface area (Å²) < 4.78 is 10.9. The highest BCUT2D eigenvalue weighted by Gasteiger charge is 2.07. The lowest BCUT2D eigenvalue weighted by atomic mass is 10.1. The second-order valence-corrected chi connectivity index (χ2v) is 6.18. The number of hydrogen-bond acceptors (Lipinski definition) is 3. The van der Waals surface area contributed by atoms with E-state index in [2.05, 4.69) is 24.5 Å². The predicted octanol–water partition coefficient (Wildman–Crippen LogP) is 4.09. The molecule has 0 spiro atoms. The van der Waals surface area contributed by atoms with Crippen LogP contribution >= 0.6 is 0 Å². The number of methoxy groups -OCH3 is 1. The maximum absolute atomic E-state index is 12.1. The maximum Gasteiger partial charge on any atom is 0.319 e. The van der Waals surface area contributed by atoms with Crippen LogP contribution in [0.25, 0.3) is 0 Å². The number of urea groups is 1. The Labute approximate surface area is 149 Å². The van der Waals surface area contributed by atoms with E-state index in [1.165, 1.54) is 0 Å². The van der Waals surface area contributed by atoms with E-state index in [9.17, 15) is 4.79 Å². The third kappa shape index (κ3) is 6.37. The van der Waals surface area contributed by atoms with Crippen LogP contribution in [0.1, 0.15) is 19.4 Å². The first-order valence-electron chi connectivity index (χ1n) is 8.48. The molecule has 0 aromatic heterocycles. The van der Waals surface area contributed by atoms with E-state index >= 15 is 0 Å². The number of benzene rings is 2. The average molecular weight is 342 g/mol. The fraction of sp³-hybridized carbons (Fsp3) is 0.350. The molecule has 0 heterocycles. The van der Waals surface area contributed by atoms with Gasteiger partial charge in [-0.1, -0.05) is 38.1 Å². The Balaban J connectivity index is 1.81. The molecule has 0 aliphatic rings. The van der Waals surface area contributed by atoms with Crippen molar-refractivity contribution in [2.24, 2.45) is 5.92 Å². The Morgan fingerprint density at radius 1 is 1.08 bits per heavy atom. The van der Waals surface area contributed by atoms with Gasteiger partial charge in [0, 0.05) is 6.54 Å². The molecule has 0 saturated heterocycles. The monoisotopic (exact) mass is 342 g/mol. The summed E-state index contributed by atoms with van der Waals surface area (Å²) in [5.74, 6) is 1.93. The lowest BCUT2D eigenvalue weighted by Gasteiger charge is -2.14. The number of anilines is 1. The summed E-state index contributed by atoms with van der Waals surface area (Å²) in [5, 5.41) is 5.71. The molecule has 2 aromatic rings. The summed E-state index contributed by atoms with van der Waals surface area (Å²) in [6.07, 6.45) is 0.753. The summed E-state index contributed by atoms with van der Waals surface area (Å²) in [6.45, 7) is 5.33. The molecule has 0 fully saturated rings. The predicted molar refractivity (Wildman–Crippen MR) is 100 cm³/mol. The molecule has 2 aromatic carbocycles. The molecule has 0 aliphatic heterocycles. The van der Waals surface area contributed by atoms with Crippen molar-refractivity contribution < 1.29 is 14.3 Å². The van der Waals surface area contributed by atoms with E-state index in [1.54, 1.807) is 7.11 Å². The zero-order valence-electron chi connectivity index (χ0n) is 15.0. The van der Waals surface area contributed by atoms with Crippen molar-refractivity contribution >= 4 is 11.7 Å². The van der Waals surface area contributed by atoms with Crippen molar-refractivity contribution in [3.8, 4) is 11.5 Å². The van der Waals surface area contributed by atoms with Gasteiger partial charge in [0.2, 0.25) is 0 Å². The van der Waals surface area contributed by atoms with E-state index < -0.39 is 0 Å². The zero-order valence-corrected chi connectivity index (χ0v) is 15.0. The lowest BCUT2D eigenvalue weighted by Crippen LogP contribution is -2.30. The van der Waals surface area contributed by atoms with Gasteiger partial charge in [-0.05, 0) is 42.2 Å². The Morgan fingerprint density at radius 3 is 2.48 bits per heavy atom. The number of carbonyl (C=O) groups excluding carboxylic acids is 1. The molecule has 2 N–H and O–H groups in total. The van der Waals surface area contributed by atoms with Gasteiger partial charge in [-0.25, -0.2) is 4.79 Å². The molecule has 2 rings (SSSR count). The number of carbonyl (C=O) groups is 1. The highest BCUT2D eigenvalue weighted by Crippen LogP contribution is 2.24. The molecule has 0 radical (unpaired) electrons. The Hall–Kier alpha value is -2.69. The molecular formula is C20H26N2O3. The summed E-state index contributed by atoms with van der Waals surface area (Å²) in [4.78, 5) is 12.1. The van der Waals surface area contributed by atoms with Gasteiger partial charge in [-0.2, -0.15) is 0 Å². The molecule has 0 saturated carbocycles. The minimum Gasteiger partial charge on any atom is -0.497 e. The SMILES string of the molecule is COc1ccc(CCNC(=O)Nc2ccccc2OCC(C)C)cc1. The van der Waals surface area contributed by atoms with E-state index in [-0.39, 0.29) is 6.03 Å². The van der Waals surface area contributed by atoms with E-state index in [4.69, 9.17) is 9.47 Å². The Morgan fingerprint density at radius 2 is 1.80 bits per heavy atom. The van der Waals surface area contributed by atoms with Gasteiger partial charge in [0.05, 0.1) is 19.4 Å². The molecular weight excluding hydrogens is 316 g/mol. The topological polar surface area (TPSA) is 59.6 Å². The number of ether oxygens (including phenoxy) is 2. The van der Waals surface area contributed by atoms with Crippen LogP contribution in [-0.2, 0) is 6.42 Å². The molecule has 0 atom stereocenters. The lowest BCUT2D eigenvalue weighted by molar-refractivity contribution is 0.251. The third-order valence-corrected chi connectivity index (χ3v) is 3.57. The van der Waals surface area contributed by atoms with Crippen LogP contribution < -0.4 is 20.1 Å². The summed E-state index contributed by atoms with van der Waals surface area (Å²) in [6, 6.07) is 15.0. The van der Waals surface area contributed by atoms with E-state index in [0.29, 0.717) is 30.5 Å². The van der Waals surface area contributed by atoms with Gasteiger partial charge < -0.3 is 20.1 Å². The first-order valence-corrected chi connectivity index (χ1v) is 8.48. The van der Waals surface area contributed by atoms with Crippen molar-refractivity contribution in [2.75, 3.05) is 25.6 Å². The van der Waals surface area contributed by atoms with Crippen LogP contribution in [0.5, 0.6) is 11.5 Å². The van der Waals surface area contributed by atoms with Gasteiger partial charge in [0.15, 0.2) is 0 Å². The standard InChI is InChI=1S/C20H26N2O3/c1-15(2)14-25-19-7-5-4-6-18(19)22-20(23)21-13-12-16-8-10-17(24-3)11-9-16/h4-11,15H,12-14H2,1-3H3,(H2,21,22,23). The number of rotatable bonds is 8. The fourth-order valence-corrected chi connectivity index (χ4v) is 2.23. The van der Waals surface area contributed by atoms with Gasteiger partial charge >= 0.3 is 6.03 Å². The molecule has 2 amide bonds. The second-order valence-electron chi connectivity index (χ2n) is 6.18. The van der Waals surface area contributed by atoms with Crippen molar-refractivity contribution in [1.29, 1.82) is 0 Å². The first-order chi connectivity index (χ1) is 12.1. The van der Waals surface area contributed by atoms with E-state index in [1.807, 2.05) is 48.5 Å². The van der Waals surface area contributed by atoms with Crippen molar-refractivity contribution in [3.63, 3.8) is 0 Å². The van der Waals surface area contributed by atoms with Crippen molar-refractivity contribution in [3.05, 3.63) is 54.1 Å². The number of nitrogens with one attached hydrogen (secondary N) is 2. The van der Waals surface area contributed by atoms with E-state index in [0.717, 1.165) is 17.7 Å². The molecule has 25 heavy (non-hydrogen) atoms. The normalized spacial score (nSPS) is 10.4. The summed E-state index contributed by atoms with van der Waals surface area (Å²) >= 11 is 0. The molecule has 134 valence electrons. The molecule has 5 nitrogen and oxygen atoms in total. The third-order valence-electron chi connectivity index (χ3n) is 3.57. The van der Waals surface area contributed by atoms with Crippen LogP contribution in [0.15, 0.2) is 48.5 Å². The zero-order chi connectivity index (χ0) is 18.1. The highest BCUT2D eigenvalue weighted by molar-refractivity contribution is 5.90. The van der Waals surface area contributed by atoms with Crippen LogP contribution in [0.4, 0.5) is 10.5 Å². The van der Waals surface area contributed by atoms with Gasteiger partial charge in [-0.3, -0.25) is 0 Å². The first kappa shape index (κ1) is 18.6. The molecule has 0 aliphatic carbocycles. The molecule has 0 bridgehead atoms. The Bertz CT molecular complexity index is 669. The smallest absolute Gasteiger partial charge is 0.319 e. The number of amides is 2. The van der Waals surface area contributed by atoms with Crippen LogP contribution in [-0.4, -0.2) is 26.3 Å². The summed E-state index contributed by atoms with van der Waals surface area (Å²) in [5.41, 5.74) is 1.81. The quantitative estimate of drug-likeness (QED) is 0.759. The van der Waals surface area contributed by atoms with Crippen molar-refractivity contribution in [2.45, 2.75) is 20.3 Å². The largest absolute Gasteiger partial charge is 0.497 e. The number of para-hydroxylation sites is 2. The van der Waals surface area contributed by atoms with Crippen LogP contribution in [0.3, 0.4) is 0 Å². The average Bonchev–Trinajstić information content (AvgIpc) is 2.61. The molecule has 0 unspecified atom stereocenters. The Kier molecular flexibility index (Phi) is 7.14. The highest BCUT2D eigenvalue weighted by atomic mass is 16.5. The maximum atomic E-state index is 12.1. The minimum atomic E-state index is -0.242. The van der Waals surface area contributed by atoms with Crippen LogP contribution in [0, 0.1) is 5.92 Å². The molecule has 5 heteroatoms. The fourth-order valence-electron chi connectivity index (χ4n) is 2.23. The number of hydrogen-bond donors (Lipinski definition) is 2. The second kappa shape index (κ2) is 9.57. The minimum absolute atomic E-state index is 0.242. The van der Waals surface area contributed by atoms with Gasteiger partial charge in [0.25, 0.3) is 0 Å².